The molecular weight excluding hydrogens is 268 g/mol. The van der Waals surface area contributed by atoms with Crippen molar-refractivity contribution in [1.82, 2.24) is 19.7 Å². The summed E-state index contributed by atoms with van der Waals surface area (Å²) in [5.41, 5.74) is 8.77. The molecule has 0 bridgehead atoms. The molecule has 1 aliphatic heterocycles. The molecule has 21 heavy (non-hydrogen) atoms. The molecule has 0 aliphatic carbocycles. The van der Waals surface area contributed by atoms with Gasteiger partial charge in [-0.3, -0.25) is 9.47 Å². The van der Waals surface area contributed by atoms with Crippen LogP contribution in [-0.2, 0) is 0 Å². The highest BCUT2D eigenvalue weighted by molar-refractivity contribution is 5.67. The van der Waals surface area contributed by atoms with Crippen LogP contribution in [0.3, 0.4) is 0 Å². The molecule has 3 N–H and O–H groups in total. The van der Waals surface area contributed by atoms with E-state index in [1.807, 2.05) is 22.8 Å². The minimum atomic E-state index is 0.216. The lowest BCUT2D eigenvalue weighted by atomic mass is 10.2. The van der Waals surface area contributed by atoms with E-state index in [1.54, 1.807) is 12.7 Å². The first-order valence-electron chi connectivity index (χ1n) is 7.10. The van der Waals surface area contributed by atoms with Crippen molar-refractivity contribution < 1.29 is 5.11 Å². The number of nitrogens with two attached hydrogens (primary N) is 1. The lowest BCUT2D eigenvalue weighted by Crippen LogP contribution is -2.47. The molecule has 0 spiro atoms. The predicted molar refractivity (Wildman–Crippen MR) is 81.5 cm³/mol. The third-order valence-electron chi connectivity index (χ3n) is 3.83. The molecule has 1 saturated heterocycles. The number of rotatable bonds is 4. The van der Waals surface area contributed by atoms with E-state index < -0.39 is 0 Å². The van der Waals surface area contributed by atoms with E-state index in [0.717, 1.165) is 49.8 Å². The molecule has 1 aromatic heterocycles. The molecule has 0 saturated carbocycles. The summed E-state index contributed by atoms with van der Waals surface area (Å²) in [4.78, 5) is 4.61. The van der Waals surface area contributed by atoms with Crippen molar-refractivity contribution in [3.63, 3.8) is 0 Å². The Morgan fingerprint density at radius 1 is 1.05 bits per heavy atom. The van der Waals surface area contributed by atoms with E-state index in [-0.39, 0.29) is 6.61 Å². The Bertz CT molecular complexity index is 577. The van der Waals surface area contributed by atoms with Crippen molar-refractivity contribution in [3.05, 3.63) is 30.9 Å². The Kier molecular flexibility index (Phi) is 4.03. The lowest BCUT2D eigenvalue weighted by Gasteiger charge is -2.36. The molecule has 112 valence electrons. The van der Waals surface area contributed by atoms with Crippen LogP contribution in [-0.4, -0.2) is 64.1 Å². The van der Waals surface area contributed by atoms with Crippen LogP contribution in [0.25, 0.3) is 5.69 Å². The van der Waals surface area contributed by atoms with Crippen LogP contribution >= 0.6 is 0 Å². The monoisotopic (exact) mass is 288 g/mol. The summed E-state index contributed by atoms with van der Waals surface area (Å²) in [5, 5.41) is 16.8. The standard InChI is InChI=1S/C14H20N6O/c15-12-1-2-13(14(9-12)20-10-16-17-11-20)19-5-3-18(4-6-19)7-8-21/h1-2,9-11,21H,3-8,15H2. The van der Waals surface area contributed by atoms with Crippen molar-refractivity contribution in [2.45, 2.75) is 0 Å². The average molecular weight is 288 g/mol. The molecule has 0 amide bonds. The van der Waals surface area contributed by atoms with E-state index >= 15 is 0 Å². The summed E-state index contributed by atoms with van der Waals surface area (Å²) in [6.45, 7) is 4.72. The van der Waals surface area contributed by atoms with Gasteiger partial charge in [-0.2, -0.15) is 0 Å². The van der Waals surface area contributed by atoms with Gasteiger partial charge in [0.1, 0.15) is 12.7 Å². The van der Waals surface area contributed by atoms with Crippen LogP contribution in [0.1, 0.15) is 0 Å². The highest BCUT2D eigenvalue weighted by atomic mass is 16.3. The van der Waals surface area contributed by atoms with Crippen LogP contribution in [0.2, 0.25) is 0 Å². The minimum Gasteiger partial charge on any atom is -0.399 e. The first-order valence-corrected chi connectivity index (χ1v) is 7.10. The third-order valence-corrected chi connectivity index (χ3v) is 3.83. The van der Waals surface area contributed by atoms with Crippen LogP contribution in [0.15, 0.2) is 30.9 Å². The molecule has 1 fully saturated rings. The Hall–Kier alpha value is -2.12. The maximum atomic E-state index is 9.01. The number of hydrogen-bond acceptors (Lipinski definition) is 6. The molecular formula is C14H20N6O. The fourth-order valence-corrected chi connectivity index (χ4v) is 2.69. The van der Waals surface area contributed by atoms with Gasteiger partial charge in [-0.1, -0.05) is 0 Å². The van der Waals surface area contributed by atoms with Crippen LogP contribution in [0.5, 0.6) is 0 Å². The Labute approximate surface area is 123 Å². The van der Waals surface area contributed by atoms with Crippen molar-refractivity contribution >= 4 is 11.4 Å². The molecule has 2 aromatic rings. The third kappa shape index (κ3) is 2.98. The largest absolute Gasteiger partial charge is 0.399 e. The van der Waals surface area contributed by atoms with Gasteiger partial charge in [-0.05, 0) is 18.2 Å². The maximum absolute atomic E-state index is 9.01. The highest BCUT2D eigenvalue weighted by Crippen LogP contribution is 2.27. The number of nitrogens with zero attached hydrogens (tertiary/aromatic N) is 5. The number of aliphatic hydroxyl groups excluding tert-OH is 1. The Morgan fingerprint density at radius 3 is 2.43 bits per heavy atom. The molecule has 7 heteroatoms. The van der Waals surface area contributed by atoms with E-state index in [2.05, 4.69) is 20.0 Å². The second-order valence-electron chi connectivity index (χ2n) is 5.17. The summed E-state index contributed by atoms with van der Waals surface area (Å²) in [6, 6.07) is 5.91. The van der Waals surface area contributed by atoms with E-state index in [0.29, 0.717) is 0 Å². The number of hydrogen-bond donors (Lipinski definition) is 2. The lowest BCUT2D eigenvalue weighted by molar-refractivity contribution is 0.189. The Morgan fingerprint density at radius 2 is 1.76 bits per heavy atom. The fraction of sp³-hybridized carbons (Fsp3) is 0.429. The summed E-state index contributed by atoms with van der Waals surface area (Å²) in [5.74, 6) is 0. The summed E-state index contributed by atoms with van der Waals surface area (Å²) in [7, 11) is 0. The first-order chi connectivity index (χ1) is 10.3. The quantitative estimate of drug-likeness (QED) is 0.768. The van der Waals surface area contributed by atoms with Gasteiger partial charge in [-0.15, -0.1) is 10.2 Å². The Balaban J connectivity index is 1.83. The predicted octanol–water partition coefficient (Wildman–Crippen LogP) is -0.0362. The highest BCUT2D eigenvalue weighted by Gasteiger charge is 2.19. The van der Waals surface area contributed by atoms with Gasteiger partial charge >= 0.3 is 0 Å². The van der Waals surface area contributed by atoms with E-state index in [1.165, 1.54) is 0 Å². The van der Waals surface area contributed by atoms with E-state index in [4.69, 9.17) is 10.8 Å². The van der Waals surface area contributed by atoms with Crippen molar-refractivity contribution in [2.24, 2.45) is 0 Å². The number of anilines is 2. The van der Waals surface area contributed by atoms with Crippen molar-refractivity contribution in [3.8, 4) is 5.69 Å². The van der Waals surface area contributed by atoms with Gasteiger partial charge in [0.2, 0.25) is 0 Å². The molecule has 0 radical (unpaired) electrons. The molecule has 1 aliphatic rings. The van der Waals surface area contributed by atoms with Gasteiger partial charge in [0, 0.05) is 38.4 Å². The smallest absolute Gasteiger partial charge is 0.123 e. The number of benzene rings is 1. The minimum absolute atomic E-state index is 0.216. The normalized spacial score (nSPS) is 16.3. The SMILES string of the molecule is Nc1ccc(N2CCN(CCO)CC2)c(-n2cnnc2)c1. The van der Waals surface area contributed by atoms with Crippen molar-refractivity contribution in [1.29, 1.82) is 0 Å². The summed E-state index contributed by atoms with van der Waals surface area (Å²) in [6.07, 6.45) is 3.36. The zero-order valence-electron chi connectivity index (χ0n) is 11.9. The maximum Gasteiger partial charge on any atom is 0.123 e. The van der Waals surface area contributed by atoms with Gasteiger partial charge in [0.15, 0.2) is 0 Å². The fourth-order valence-electron chi connectivity index (χ4n) is 2.69. The van der Waals surface area contributed by atoms with Crippen LogP contribution in [0, 0.1) is 0 Å². The molecule has 0 atom stereocenters. The second kappa shape index (κ2) is 6.11. The van der Waals surface area contributed by atoms with Gasteiger partial charge in [0.05, 0.1) is 18.0 Å². The molecule has 2 heterocycles. The zero-order valence-corrected chi connectivity index (χ0v) is 11.9. The zero-order chi connectivity index (χ0) is 14.7. The second-order valence-corrected chi connectivity index (χ2v) is 5.17. The molecule has 3 rings (SSSR count). The average Bonchev–Trinajstić information content (AvgIpc) is 3.03. The van der Waals surface area contributed by atoms with Crippen molar-refractivity contribution in [2.75, 3.05) is 50.0 Å². The summed E-state index contributed by atoms with van der Waals surface area (Å²) < 4.78 is 1.88. The number of aromatic nitrogens is 3. The molecule has 1 aromatic carbocycles. The first kappa shape index (κ1) is 13.8. The number of piperazine rings is 1. The number of aliphatic hydroxyl groups is 1. The molecule has 7 nitrogen and oxygen atoms in total. The number of nitrogen functional groups attached to an aromatic ring is 1. The summed E-state index contributed by atoms with van der Waals surface area (Å²) >= 11 is 0. The van der Waals surface area contributed by atoms with Crippen LogP contribution < -0.4 is 10.6 Å². The van der Waals surface area contributed by atoms with Gasteiger partial charge in [-0.25, -0.2) is 0 Å². The van der Waals surface area contributed by atoms with Crippen LogP contribution in [0.4, 0.5) is 11.4 Å². The van der Waals surface area contributed by atoms with Gasteiger partial charge < -0.3 is 15.7 Å². The molecule has 0 unspecified atom stereocenters. The number of β-amino-alcohol motifs (C(OH)–C–C–N with tert-alkyl or cyclic N) is 1. The van der Waals surface area contributed by atoms with Gasteiger partial charge in [0.25, 0.3) is 0 Å². The van der Waals surface area contributed by atoms with E-state index in [9.17, 15) is 0 Å². The topological polar surface area (TPSA) is 83.4 Å².